The number of hydrogen-bond acceptors (Lipinski definition) is 5. The van der Waals surface area contributed by atoms with E-state index < -0.39 is 5.41 Å². The minimum absolute atomic E-state index is 0.0230. The van der Waals surface area contributed by atoms with E-state index in [-0.39, 0.29) is 5.91 Å². The summed E-state index contributed by atoms with van der Waals surface area (Å²) in [6.45, 7) is 5.58. The molecule has 0 bridgehead atoms. The molecule has 27 heavy (non-hydrogen) atoms. The fourth-order valence-electron chi connectivity index (χ4n) is 3.02. The first-order valence-corrected chi connectivity index (χ1v) is 10.2. The number of amides is 1. The molecule has 1 aliphatic rings. The van der Waals surface area contributed by atoms with Crippen LogP contribution in [0.15, 0.2) is 29.6 Å². The smallest absolute Gasteiger partial charge is 0.276 e. The third kappa shape index (κ3) is 5.23. The Morgan fingerprint density at radius 3 is 2.70 bits per heavy atom. The van der Waals surface area contributed by atoms with Gasteiger partial charge in [0.1, 0.15) is 5.75 Å². The molecule has 1 N–H and O–H groups in total. The number of nitrogens with zero attached hydrogens (tertiary/aromatic N) is 1. The Hall–Kier alpha value is -2.05. The van der Waals surface area contributed by atoms with Crippen LogP contribution in [0.25, 0.3) is 11.3 Å². The Morgan fingerprint density at radius 1 is 1.33 bits per heavy atom. The van der Waals surface area contributed by atoms with Gasteiger partial charge in [-0.2, -0.15) is 0 Å². The molecule has 1 aliphatic heterocycles. The van der Waals surface area contributed by atoms with Crippen LogP contribution >= 0.6 is 11.3 Å². The highest BCUT2D eigenvalue weighted by Crippen LogP contribution is 2.31. The number of carbonyl (C=O) groups excluding carboxylic acids is 1. The minimum Gasteiger partial charge on any atom is -0.497 e. The highest BCUT2D eigenvalue weighted by Gasteiger charge is 2.38. The molecule has 5 nitrogen and oxygen atoms in total. The molecule has 3 rings (SSSR count). The SMILES string of the molecule is COc1ccc(-c2csc(NC(=O)C(C)(C)[CH+]CC3CCOCC3)n2)cc1. The second-order valence-electron chi connectivity index (χ2n) is 7.44. The van der Waals surface area contributed by atoms with Crippen LogP contribution in [0.3, 0.4) is 0 Å². The monoisotopic (exact) mass is 387 g/mol. The summed E-state index contributed by atoms with van der Waals surface area (Å²) < 4.78 is 10.6. The van der Waals surface area contributed by atoms with Gasteiger partial charge >= 0.3 is 0 Å². The van der Waals surface area contributed by atoms with Crippen LogP contribution in [0.1, 0.15) is 33.1 Å². The Bertz CT molecular complexity index is 749. The van der Waals surface area contributed by atoms with Gasteiger partial charge in [-0.05, 0) is 51.0 Å². The maximum absolute atomic E-state index is 12.7. The van der Waals surface area contributed by atoms with Crippen molar-refractivity contribution in [3.05, 3.63) is 36.1 Å². The number of aromatic nitrogens is 1. The van der Waals surface area contributed by atoms with Crippen LogP contribution in [0.2, 0.25) is 0 Å². The molecule has 1 fully saturated rings. The summed E-state index contributed by atoms with van der Waals surface area (Å²) in [5.41, 5.74) is 1.31. The van der Waals surface area contributed by atoms with Crippen molar-refractivity contribution in [2.75, 3.05) is 25.6 Å². The first-order chi connectivity index (χ1) is 13.0. The fraction of sp³-hybridized carbons (Fsp3) is 0.476. The first kappa shape index (κ1) is 19.7. The molecule has 0 atom stereocenters. The van der Waals surface area contributed by atoms with Gasteiger partial charge < -0.3 is 9.47 Å². The number of nitrogens with one attached hydrogen (secondary N) is 1. The first-order valence-electron chi connectivity index (χ1n) is 9.31. The van der Waals surface area contributed by atoms with Crippen LogP contribution in [0, 0.1) is 17.8 Å². The standard InChI is InChI=1S/C21H26N2O3S/c1-21(2,11-8-15-9-12-26-13-10-15)19(24)23-20-22-18(14-27-20)16-4-6-17(25-3)7-5-16/h4-7,11,14-15H,8-10,12-13H2,1-3H3/p+1. The van der Waals surface area contributed by atoms with Gasteiger partial charge in [-0.3, -0.25) is 10.1 Å². The largest absolute Gasteiger partial charge is 0.497 e. The molecule has 0 aliphatic carbocycles. The molecule has 2 heterocycles. The number of anilines is 1. The molecular formula is C21H27N2O3S+. The van der Waals surface area contributed by atoms with E-state index in [1.807, 2.05) is 43.5 Å². The number of rotatable bonds is 7. The van der Waals surface area contributed by atoms with Crippen LogP contribution in [0.5, 0.6) is 5.75 Å². The van der Waals surface area contributed by atoms with E-state index in [1.54, 1.807) is 7.11 Å². The van der Waals surface area contributed by atoms with Crippen molar-refractivity contribution in [3.63, 3.8) is 0 Å². The van der Waals surface area contributed by atoms with E-state index in [1.165, 1.54) is 11.3 Å². The molecule has 0 saturated carbocycles. The highest BCUT2D eigenvalue weighted by atomic mass is 32.1. The molecule has 0 unspecified atom stereocenters. The number of hydrogen-bond donors (Lipinski definition) is 1. The summed E-state index contributed by atoms with van der Waals surface area (Å²) in [6.07, 6.45) is 5.23. The number of thiazole rings is 1. The average molecular weight is 388 g/mol. The summed E-state index contributed by atoms with van der Waals surface area (Å²) >= 11 is 1.44. The molecule has 1 amide bonds. The normalized spacial score (nSPS) is 15.4. The summed E-state index contributed by atoms with van der Waals surface area (Å²) in [4.78, 5) is 17.3. The lowest BCUT2D eigenvalue weighted by atomic mass is 9.82. The van der Waals surface area contributed by atoms with Crippen molar-refractivity contribution < 1.29 is 14.3 Å². The number of benzene rings is 1. The predicted octanol–water partition coefficient (Wildman–Crippen LogP) is 4.80. The molecular weight excluding hydrogens is 360 g/mol. The lowest BCUT2D eigenvalue weighted by Gasteiger charge is -2.21. The Labute approximate surface area is 165 Å². The van der Waals surface area contributed by atoms with E-state index in [0.29, 0.717) is 11.0 Å². The summed E-state index contributed by atoms with van der Waals surface area (Å²) in [5.74, 6) is 1.40. The van der Waals surface area contributed by atoms with Crippen molar-refractivity contribution >= 4 is 22.4 Å². The molecule has 0 spiro atoms. The van der Waals surface area contributed by atoms with Crippen molar-refractivity contribution in [1.82, 2.24) is 4.98 Å². The predicted molar refractivity (Wildman–Crippen MR) is 109 cm³/mol. The van der Waals surface area contributed by atoms with Gasteiger partial charge in [0.05, 0.1) is 25.6 Å². The van der Waals surface area contributed by atoms with Crippen molar-refractivity contribution in [1.29, 1.82) is 0 Å². The topological polar surface area (TPSA) is 60.5 Å². The summed E-state index contributed by atoms with van der Waals surface area (Å²) in [5, 5.41) is 5.55. The second kappa shape index (κ2) is 8.76. The molecule has 6 heteroatoms. The van der Waals surface area contributed by atoms with Gasteiger partial charge in [0.25, 0.3) is 5.91 Å². The molecule has 1 saturated heterocycles. The van der Waals surface area contributed by atoms with Gasteiger partial charge in [0, 0.05) is 30.1 Å². The quantitative estimate of drug-likeness (QED) is 0.693. The second-order valence-corrected chi connectivity index (χ2v) is 8.30. The van der Waals surface area contributed by atoms with E-state index in [9.17, 15) is 4.79 Å². The van der Waals surface area contributed by atoms with E-state index in [2.05, 4.69) is 16.7 Å². The zero-order valence-corrected chi connectivity index (χ0v) is 17.0. The lowest BCUT2D eigenvalue weighted by Crippen LogP contribution is -2.32. The zero-order valence-electron chi connectivity index (χ0n) is 16.2. The number of methoxy groups -OCH3 is 1. The zero-order chi connectivity index (χ0) is 19.3. The third-order valence-electron chi connectivity index (χ3n) is 5.00. The third-order valence-corrected chi connectivity index (χ3v) is 5.76. The molecule has 144 valence electrons. The fourth-order valence-corrected chi connectivity index (χ4v) is 3.73. The van der Waals surface area contributed by atoms with Gasteiger partial charge in [-0.15, -0.1) is 11.3 Å². The minimum atomic E-state index is -0.537. The maximum Gasteiger partial charge on any atom is 0.276 e. The van der Waals surface area contributed by atoms with E-state index in [4.69, 9.17) is 9.47 Å². The van der Waals surface area contributed by atoms with Crippen LogP contribution in [0.4, 0.5) is 5.13 Å². The molecule has 1 aromatic heterocycles. The molecule has 1 aromatic carbocycles. The maximum atomic E-state index is 12.7. The van der Waals surface area contributed by atoms with Crippen molar-refractivity contribution in [2.24, 2.45) is 11.3 Å². The Balaban J connectivity index is 1.57. The van der Waals surface area contributed by atoms with Crippen LogP contribution < -0.4 is 10.1 Å². The van der Waals surface area contributed by atoms with Gasteiger partial charge in [-0.1, -0.05) is 0 Å². The number of carbonyl (C=O) groups is 1. The van der Waals surface area contributed by atoms with E-state index >= 15 is 0 Å². The van der Waals surface area contributed by atoms with Gasteiger partial charge in [-0.25, -0.2) is 4.98 Å². The van der Waals surface area contributed by atoms with Crippen molar-refractivity contribution in [3.8, 4) is 17.0 Å². The molecule has 2 aromatic rings. The van der Waals surface area contributed by atoms with Gasteiger partial charge in [0.15, 0.2) is 10.5 Å². The average Bonchev–Trinajstić information content (AvgIpc) is 3.16. The summed E-state index contributed by atoms with van der Waals surface area (Å²) in [7, 11) is 1.65. The number of ether oxygens (including phenoxy) is 2. The van der Waals surface area contributed by atoms with Gasteiger partial charge in [0.2, 0.25) is 0 Å². The van der Waals surface area contributed by atoms with E-state index in [0.717, 1.165) is 49.5 Å². The molecule has 0 radical (unpaired) electrons. The Morgan fingerprint density at radius 2 is 2.04 bits per heavy atom. The van der Waals surface area contributed by atoms with Crippen LogP contribution in [-0.4, -0.2) is 31.2 Å². The summed E-state index contributed by atoms with van der Waals surface area (Å²) in [6, 6.07) is 7.73. The van der Waals surface area contributed by atoms with Crippen molar-refractivity contribution in [2.45, 2.75) is 33.1 Å². The highest BCUT2D eigenvalue weighted by molar-refractivity contribution is 7.14. The Kier molecular flexibility index (Phi) is 6.39. The lowest BCUT2D eigenvalue weighted by molar-refractivity contribution is -0.122. The van der Waals surface area contributed by atoms with Crippen LogP contribution in [-0.2, 0) is 9.53 Å².